The number of nitrogens with zero attached hydrogens (tertiary/aromatic N) is 1. The zero-order valence-corrected chi connectivity index (χ0v) is 18.7. The first-order valence-electron chi connectivity index (χ1n) is 10.8. The molecule has 1 saturated heterocycles. The van der Waals surface area contributed by atoms with Crippen molar-refractivity contribution < 1.29 is 37.0 Å². The van der Waals surface area contributed by atoms with E-state index in [-0.39, 0.29) is 17.0 Å². The second kappa shape index (κ2) is 8.60. The molecule has 1 aliphatic rings. The van der Waals surface area contributed by atoms with Gasteiger partial charge in [0.25, 0.3) is 11.7 Å². The fraction of sp³-hybridized carbons (Fsp3) is 0.111. The SMILES string of the molecule is Cc1ccc(C2/C(=C(/O)c3ccc4ccccc4c3)C(=O)C(=O)N2c2cccc(OC(F)(F)F)c2)o1. The Balaban J connectivity index is 1.67. The van der Waals surface area contributed by atoms with Crippen molar-refractivity contribution in [1.82, 2.24) is 0 Å². The minimum atomic E-state index is -4.94. The van der Waals surface area contributed by atoms with Crippen LogP contribution in [0.2, 0.25) is 0 Å². The summed E-state index contributed by atoms with van der Waals surface area (Å²) in [6.07, 6.45) is -4.94. The third-order valence-electron chi connectivity index (χ3n) is 5.83. The average molecular weight is 493 g/mol. The molecule has 1 atom stereocenters. The van der Waals surface area contributed by atoms with Gasteiger partial charge >= 0.3 is 6.36 Å². The van der Waals surface area contributed by atoms with Crippen molar-refractivity contribution in [2.24, 2.45) is 0 Å². The van der Waals surface area contributed by atoms with Crippen molar-refractivity contribution in [3.63, 3.8) is 0 Å². The van der Waals surface area contributed by atoms with Crippen LogP contribution in [0, 0.1) is 6.92 Å². The third-order valence-corrected chi connectivity index (χ3v) is 5.83. The number of anilines is 1. The molecule has 1 amide bonds. The number of alkyl halides is 3. The fourth-order valence-corrected chi connectivity index (χ4v) is 4.29. The van der Waals surface area contributed by atoms with Crippen molar-refractivity contribution in [2.45, 2.75) is 19.3 Å². The Hall–Kier alpha value is -4.53. The molecule has 9 heteroatoms. The van der Waals surface area contributed by atoms with E-state index in [1.807, 2.05) is 24.3 Å². The van der Waals surface area contributed by atoms with Crippen molar-refractivity contribution in [2.75, 3.05) is 4.90 Å². The van der Waals surface area contributed by atoms with E-state index in [2.05, 4.69) is 4.74 Å². The number of aryl methyl sites for hydroxylation is 1. The number of halogens is 3. The van der Waals surface area contributed by atoms with Gasteiger partial charge in [0, 0.05) is 17.3 Å². The van der Waals surface area contributed by atoms with Gasteiger partial charge in [-0.2, -0.15) is 0 Å². The van der Waals surface area contributed by atoms with Crippen LogP contribution < -0.4 is 9.64 Å². The van der Waals surface area contributed by atoms with Crippen molar-refractivity contribution >= 4 is 33.9 Å². The van der Waals surface area contributed by atoms with Gasteiger partial charge in [0.05, 0.1) is 5.57 Å². The molecule has 1 unspecified atom stereocenters. The molecule has 0 aliphatic carbocycles. The summed E-state index contributed by atoms with van der Waals surface area (Å²) < 4.78 is 48.1. The zero-order valence-electron chi connectivity index (χ0n) is 18.7. The molecule has 4 aromatic rings. The van der Waals surface area contributed by atoms with Crippen LogP contribution >= 0.6 is 0 Å². The zero-order chi connectivity index (χ0) is 25.6. The molecular weight excluding hydrogens is 475 g/mol. The van der Waals surface area contributed by atoms with Crippen LogP contribution in [0.25, 0.3) is 16.5 Å². The smallest absolute Gasteiger partial charge is 0.507 e. The molecular formula is C27H18F3NO5. The summed E-state index contributed by atoms with van der Waals surface area (Å²) in [6, 6.07) is 19.1. The standard InChI is InChI=1S/C27H18F3NO5/c1-15-9-12-21(35-15)23-22(24(32)18-11-10-16-5-2-3-6-17(16)13-18)25(33)26(34)31(23)19-7-4-8-20(14-19)36-27(28,29)30/h2-14,23,32H,1H3/b24-22-. The van der Waals surface area contributed by atoms with E-state index in [0.717, 1.165) is 27.8 Å². The number of ketones is 1. The number of rotatable bonds is 4. The molecule has 0 radical (unpaired) electrons. The highest BCUT2D eigenvalue weighted by Gasteiger charge is 2.48. The van der Waals surface area contributed by atoms with Gasteiger partial charge in [-0.3, -0.25) is 14.5 Å². The Morgan fingerprint density at radius 1 is 0.944 bits per heavy atom. The van der Waals surface area contributed by atoms with E-state index in [1.165, 1.54) is 12.1 Å². The van der Waals surface area contributed by atoms with Gasteiger partial charge in [0.1, 0.15) is 29.1 Å². The number of furan rings is 1. The lowest BCUT2D eigenvalue weighted by atomic mass is 9.97. The number of hydrogen-bond acceptors (Lipinski definition) is 5. The minimum absolute atomic E-state index is 0.0320. The summed E-state index contributed by atoms with van der Waals surface area (Å²) in [5.74, 6) is -2.37. The van der Waals surface area contributed by atoms with Gasteiger partial charge in [-0.25, -0.2) is 0 Å². The third kappa shape index (κ3) is 4.19. The normalized spacial score (nSPS) is 17.7. The number of aliphatic hydroxyl groups excluding tert-OH is 1. The van der Waals surface area contributed by atoms with Gasteiger partial charge < -0.3 is 14.3 Å². The van der Waals surface area contributed by atoms with Gasteiger partial charge in [-0.05, 0) is 48.0 Å². The van der Waals surface area contributed by atoms with E-state index in [0.29, 0.717) is 11.3 Å². The Morgan fingerprint density at radius 3 is 2.39 bits per heavy atom. The number of hydrogen-bond donors (Lipinski definition) is 1. The summed E-state index contributed by atoms with van der Waals surface area (Å²) in [4.78, 5) is 27.4. The van der Waals surface area contributed by atoms with Crippen molar-refractivity contribution in [3.05, 3.63) is 102 Å². The molecule has 1 aromatic heterocycles. The molecule has 0 saturated carbocycles. The maximum Gasteiger partial charge on any atom is 0.573 e. The molecule has 1 fully saturated rings. The molecule has 2 heterocycles. The van der Waals surface area contributed by atoms with Crippen LogP contribution in [0.4, 0.5) is 18.9 Å². The molecule has 0 spiro atoms. The summed E-state index contributed by atoms with van der Waals surface area (Å²) in [5.41, 5.74) is 0.0244. The highest BCUT2D eigenvalue weighted by Crippen LogP contribution is 2.43. The number of aliphatic hydroxyl groups is 1. The summed E-state index contributed by atoms with van der Waals surface area (Å²) in [7, 11) is 0. The number of carbonyl (C=O) groups excluding carboxylic acids is 2. The first-order valence-corrected chi connectivity index (χ1v) is 10.8. The molecule has 5 rings (SSSR count). The van der Waals surface area contributed by atoms with E-state index in [1.54, 1.807) is 37.3 Å². The van der Waals surface area contributed by atoms with Crippen molar-refractivity contribution in [3.8, 4) is 5.75 Å². The van der Waals surface area contributed by atoms with E-state index in [9.17, 15) is 27.9 Å². The highest BCUT2D eigenvalue weighted by molar-refractivity contribution is 6.51. The Bertz CT molecular complexity index is 1540. The lowest BCUT2D eigenvalue weighted by Gasteiger charge is -2.24. The lowest BCUT2D eigenvalue weighted by molar-refractivity contribution is -0.274. The Labute approximate surface area is 202 Å². The molecule has 1 N–H and O–H groups in total. The monoisotopic (exact) mass is 493 g/mol. The van der Waals surface area contributed by atoms with Crippen LogP contribution in [0.3, 0.4) is 0 Å². The fourth-order valence-electron chi connectivity index (χ4n) is 4.29. The van der Waals surface area contributed by atoms with Crippen LogP contribution in [0.1, 0.15) is 23.1 Å². The molecule has 1 aliphatic heterocycles. The first kappa shape index (κ1) is 23.2. The number of fused-ring (bicyclic) bond motifs is 1. The molecule has 36 heavy (non-hydrogen) atoms. The van der Waals surface area contributed by atoms with E-state index < -0.39 is 35.6 Å². The Morgan fingerprint density at radius 2 is 1.69 bits per heavy atom. The molecule has 0 bridgehead atoms. The van der Waals surface area contributed by atoms with Crippen LogP contribution in [0.5, 0.6) is 5.75 Å². The van der Waals surface area contributed by atoms with Crippen LogP contribution in [0.15, 0.2) is 88.9 Å². The minimum Gasteiger partial charge on any atom is -0.507 e. The van der Waals surface area contributed by atoms with Crippen molar-refractivity contribution in [1.29, 1.82) is 0 Å². The number of amides is 1. The topological polar surface area (TPSA) is 80.0 Å². The second-order valence-corrected chi connectivity index (χ2v) is 8.22. The average Bonchev–Trinajstić information content (AvgIpc) is 3.38. The van der Waals surface area contributed by atoms with Gasteiger partial charge in [0.2, 0.25) is 0 Å². The predicted octanol–water partition coefficient (Wildman–Crippen LogP) is 6.27. The maximum atomic E-state index is 13.2. The molecule has 3 aromatic carbocycles. The Kier molecular flexibility index (Phi) is 5.55. The van der Waals surface area contributed by atoms with Crippen LogP contribution in [-0.4, -0.2) is 23.2 Å². The van der Waals surface area contributed by atoms with E-state index >= 15 is 0 Å². The number of carbonyl (C=O) groups is 2. The summed E-state index contributed by atoms with van der Waals surface area (Å²) in [6.45, 7) is 1.66. The summed E-state index contributed by atoms with van der Waals surface area (Å²) >= 11 is 0. The highest BCUT2D eigenvalue weighted by atomic mass is 19.4. The second-order valence-electron chi connectivity index (χ2n) is 8.22. The molecule has 6 nitrogen and oxygen atoms in total. The largest absolute Gasteiger partial charge is 0.573 e. The first-order chi connectivity index (χ1) is 17.1. The van der Waals surface area contributed by atoms with Gasteiger partial charge in [0.15, 0.2) is 0 Å². The summed E-state index contributed by atoms with van der Waals surface area (Å²) in [5, 5.41) is 13.0. The number of benzene rings is 3. The number of Topliss-reactive ketones (excluding diaryl/α,β-unsaturated/α-hetero) is 1. The van der Waals surface area contributed by atoms with Crippen LogP contribution in [-0.2, 0) is 9.59 Å². The maximum absolute atomic E-state index is 13.2. The van der Waals surface area contributed by atoms with Gasteiger partial charge in [-0.15, -0.1) is 13.2 Å². The number of ether oxygens (including phenoxy) is 1. The quantitative estimate of drug-likeness (QED) is 0.206. The predicted molar refractivity (Wildman–Crippen MR) is 125 cm³/mol. The van der Waals surface area contributed by atoms with E-state index in [4.69, 9.17) is 4.42 Å². The van der Waals surface area contributed by atoms with Gasteiger partial charge in [-0.1, -0.05) is 42.5 Å². The lowest BCUT2D eigenvalue weighted by Crippen LogP contribution is -2.29. The molecule has 182 valence electrons.